The highest BCUT2D eigenvalue weighted by atomic mass is 15.5. The molecule has 1 N–H and O–H groups in total. The van der Waals surface area contributed by atoms with Crippen LogP contribution in [0.25, 0.3) is 0 Å². The van der Waals surface area contributed by atoms with Gasteiger partial charge in [0.15, 0.2) is 0 Å². The van der Waals surface area contributed by atoms with Gasteiger partial charge >= 0.3 is 0 Å². The molecule has 2 saturated heterocycles. The monoisotopic (exact) mass is 125 g/mol. The molecular weight excluding hydrogens is 112 g/mol. The van der Waals surface area contributed by atoms with Crippen molar-refractivity contribution in [2.75, 3.05) is 13.1 Å². The van der Waals surface area contributed by atoms with Crippen LogP contribution in [0.2, 0.25) is 0 Å². The molecule has 0 aliphatic carbocycles. The number of rotatable bonds is 0. The van der Waals surface area contributed by atoms with Gasteiger partial charge in [0.2, 0.25) is 0 Å². The molecule has 9 heavy (non-hydrogen) atoms. The average molecular weight is 125 g/mol. The van der Waals surface area contributed by atoms with E-state index in [0.717, 1.165) is 12.6 Å². The fourth-order valence-electron chi connectivity index (χ4n) is 1.75. The smallest absolute Gasteiger partial charge is 0.0247 e. The van der Waals surface area contributed by atoms with E-state index in [9.17, 15) is 0 Å². The Bertz CT molecular complexity index is 91.1. The van der Waals surface area contributed by atoms with Crippen LogP contribution in [-0.2, 0) is 0 Å². The Morgan fingerprint density at radius 2 is 2.56 bits per heavy atom. The van der Waals surface area contributed by atoms with Crippen molar-refractivity contribution in [3.63, 3.8) is 0 Å². The van der Waals surface area contributed by atoms with Gasteiger partial charge in [-0.25, -0.2) is 5.01 Å². The summed E-state index contributed by atoms with van der Waals surface area (Å²) in [6, 6.07) is 0.832. The zero-order valence-electron chi connectivity index (χ0n) is 5.64. The lowest BCUT2D eigenvalue weighted by molar-refractivity contribution is 0.150. The second-order valence-electron chi connectivity index (χ2n) is 2.88. The zero-order chi connectivity index (χ0) is 6.10. The van der Waals surface area contributed by atoms with E-state index in [-0.39, 0.29) is 0 Å². The molecule has 1 atom stereocenters. The Morgan fingerprint density at radius 1 is 1.56 bits per heavy atom. The molecule has 51 valence electrons. The highest BCUT2D eigenvalue weighted by Crippen LogP contribution is 2.20. The van der Waals surface area contributed by atoms with E-state index in [2.05, 4.69) is 16.9 Å². The number of nitrogens with one attached hydrogen (secondary N) is 1. The third kappa shape index (κ3) is 0.970. The molecule has 0 spiro atoms. The van der Waals surface area contributed by atoms with Crippen LogP contribution < -0.4 is 5.43 Å². The van der Waals surface area contributed by atoms with Gasteiger partial charge in [0, 0.05) is 19.1 Å². The molecule has 2 aliphatic heterocycles. The summed E-state index contributed by atoms with van der Waals surface area (Å²) >= 11 is 0. The maximum atomic E-state index is 3.36. The van der Waals surface area contributed by atoms with Crippen molar-refractivity contribution in [1.82, 2.24) is 10.4 Å². The van der Waals surface area contributed by atoms with E-state index >= 15 is 0 Å². The molecule has 0 aromatic heterocycles. The van der Waals surface area contributed by atoms with Crippen LogP contribution in [0.3, 0.4) is 0 Å². The van der Waals surface area contributed by atoms with E-state index in [1.807, 2.05) is 0 Å². The summed E-state index contributed by atoms with van der Waals surface area (Å²) < 4.78 is 0. The van der Waals surface area contributed by atoms with Gasteiger partial charge in [-0.05, 0) is 25.7 Å². The van der Waals surface area contributed by atoms with Gasteiger partial charge in [-0.1, -0.05) is 0 Å². The molecule has 0 amide bonds. The third-order valence-corrected chi connectivity index (χ3v) is 2.25. The second-order valence-corrected chi connectivity index (χ2v) is 2.88. The van der Waals surface area contributed by atoms with Crippen molar-refractivity contribution in [3.8, 4) is 0 Å². The van der Waals surface area contributed by atoms with Crippen molar-refractivity contribution in [3.05, 3.63) is 6.42 Å². The van der Waals surface area contributed by atoms with E-state index in [0.29, 0.717) is 0 Å². The molecule has 2 heterocycles. The van der Waals surface area contributed by atoms with E-state index in [1.165, 1.54) is 25.8 Å². The number of hydrazine groups is 1. The molecule has 0 aromatic carbocycles. The van der Waals surface area contributed by atoms with Crippen molar-refractivity contribution in [2.45, 2.75) is 25.3 Å². The van der Waals surface area contributed by atoms with Crippen LogP contribution >= 0.6 is 0 Å². The van der Waals surface area contributed by atoms with E-state index < -0.39 is 0 Å². The van der Waals surface area contributed by atoms with Crippen LogP contribution in [0, 0.1) is 6.42 Å². The highest BCUT2D eigenvalue weighted by molar-refractivity contribution is 4.87. The van der Waals surface area contributed by atoms with Gasteiger partial charge in [0.1, 0.15) is 0 Å². The molecule has 2 aliphatic rings. The van der Waals surface area contributed by atoms with Gasteiger partial charge < -0.3 is 0 Å². The first-order chi connectivity index (χ1) is 4.47. The Kier molecular flexibility index (Phi) is 1.44. The van der Waals surface area contributed by atoms with Crippen molar-refractivity contribution in [2.24, 2.45) is 0 Å². The predicted octanol–water partition coefficient (Wildman–Crippen LogP) is 0.563. The van der Waals surface area contributed by atoms with Gasteiger partial charge in [0.25, 0.3) is 0 Å². The van der Waals surface area contributed by atoms with Crippen LogP contribution in [0.1, 0.15) is 19.3 Å². The molecule has 2 heteroatoms. The van der Waals surface area contributed by atoms with Crippen LogP contribution in [0.5, 0.6) is 0 Å². The Labute approximate surface area is 56.2 Å². The first-order valence-corrected chi connectivity index (χ1v) is 3.78. The number of hydrogen-bond donors (Lipinski definition) is 1. The third-order valence-electron chi connectivity index (χ3n) is 2.25. The maximum Gasteiger partial charge on any atom is 0.0247 e. The summed E-state index contributed by atoms with van der Waals surface area (Å²) in [5.41, 5.74) is 3.36. The number of nitrogens with zero attached hydrogens (tertiary/aromatic N) is 1. The lowest BCUT2D eigenvalue weighted by atomic mass is 10.1. The van der Waals surface area contributed by atoms with Crippen LogP contribution in [0.4, 0.5) is 0 Å². The molecule has 2 fully saturated rings. The largest absolute Gasteiger partial charge is 0.255 e. The first kappa shape index (κ1) is 5.69. The van der Waals surface area contributed by atoms with E-state index in [1.54, 1.807) is 0 Å². The Hall–Kier alpha value is -0.0800. The standard InChI is InChI=1S/C7H13N2/c1-3-7-4-2-6-9(7)8-5-1/h1,7-8H,2-6H2. The molecule has 2 nitrogen and oxygen atoms in total. The SMILES string of the molecule is [CH]1CNN2CCCC2C1. The summed E-state index contributed by atoms with van der Waals surface area (Å²) in [6.07, 6.45) is 6.41. The van der Waals surface area contributed by atoms with Crippen molar-refractivity contribution >= 4 is 0 Å². The lowest BCUT2D eigenvalue weighted by Gasteiger charge is -2.29. The van der Waals surface area contributed by atoms with Crippen LogP contribution in [-0.4, -0.2) is 24.1 Å². The minimum atomic E-state index is 0.832. The maximum absolute atomic E-state index is 3.36. The van der Waals surface area contributed by atoms with E-state index in [4.69, 9.17) is 0 Å². The minimum Gasteiger partial charge on any atom is -0.255 e. The molecule has 0 saturated carbocycles. The predicted molar refractivity (Wildman–Crippen MR) is 36.6 cm³/mol. The molecular formula is C7H13N2. The number of hydrogen-bond acceptors (Lipinski definition) is 2. The first-order valence-electron chi connectivity index (χ1n) is 3.78. The summed E-state index contributed by atoms with van der Waals surface area (Å²) in [6.45, 7) is 2.34. The number of fused-ring (bicyclic) bond motifs is 1. The molecule has 1 unspecified atom stereocenters. The molecule has 0 bridgehead atoms. The minimum absolute atomic E-state index is 0.832. The fourth-order valence-corrected chi connectivity index (χ4v) is 1.75. The zero-order valence-corrected chi connectivity index (χ0v) is 5.64. The normalized spacial score (nSPS) is 36.7. The fraction of sp³-hybridized carbons (Fsp3) is 0.857. The second kappa shape index (κ2) is 2.27. The Morgan fingerprint density at radius 3 is 3.44 bits per heavy atom. The van der Waals surface area contributed by atoms with Crippen molar-refractivity contribution in [1.29, 1.82) is 0 Å². The summed E-state index contributed by atoms with van der Waals surface area (Å²) in [5.74, 6) is 0. The van der Waals surface area contributed by atoms with Gasteiger partial charge in [0.05, 0.1) is 0 Å². The summed E-state index contributed by atoms with van der Waals surface area (Å²) in [5, 5.41) is 2.39. The van der Waals surface area contributed by atoms with Gasteiger partial charge in [-0.3, -0.25) is 5.43 Å². The van der Waals surface area contributed by atoms with Crippen molar-refractivity contribution < 1.29 is 0 Å². The molecule has 1 radical (unpaired) electrons. The van der Waals surface area contributed by atoms with Gasteiger partial charge in [-0.15, -0.1) is 0 Å². The highest BCUT2D eigenvalue weighted by Gasteiger charge is 2.26. The summed E-state index contributed by atoms with van der Waals surface area (Å²) in [4.78, 5) is 0. The quantitative estimate of drug-likeness (QED) is 0.509. The topological polar surface area (TPSA) is 15.3 Å². The van der Waals surface area contributed by atoms with Gasteiger partial charge in [-0.2, -0.15) is 0 Å². The summed E-state index contributed by atoms with van der Waals surface area (Å²) in [7, 11) is 0. The lowest BCUT2D eigenvalue weighted by Crippen LogP contribution is -2.46. The molecule has 0 aromatic rings. The Balaban J connectivity index is 1.97. The average Bonchev–Trinajstić information content (AvgIpc) is 2.33. The van der Waals surface area contributed by atoms with Crippen LogP contribution in [0.15, 0.2) is 0 Å². The molecule has 2 rings (SSSR count).